The van der Waals surface area contributed by atoms with Crippen molar-refractivity contribution in [2.45, 2.75) is 18.9 Å². The van der Waals surface area contributed by atoms with Gasteiger partial charge in [0.15, 0.2) is 0 Å². The molecular formula is C22H20FNO6. The van der Waals surface area contributed by atoms with Gasteiger partial charge in [0.2, 0.25) is 0 Å². The molecule has 2 aromatic rings. The van der Waals surface area contributed by atoms with Crippen LogP contribution in [0, 0.1) is 5.82 Å². The number of halogens is 1. The van der Waals surface area contributed by atoms with Crippen molar-refractivity contribution in [2.75, 3.05) is 13.7 Å². The monoisotopic (exact) mass is 413 g/mol. The lowest BCUT2D eigenvalue weighted by Gasteiger charge is -2.25. The van der Waals surface area contributed by atoms with Crippen LogP contribution in [0.3, 0.4) is 0 Å². The van der Waals surface area contributed by atoms with E-state index in [9.17, 15) is 23.9 Å². The second-order valence-corrected chi connectivity index (χ2v) is 6.77. The molecule has 0 saturated carbocycles. The highest BCUT2D eigenvalue weighted by atomic mass is 19.1. The Labute approximate surface area is 172 Å². The standard InChI is InChI=1S/C22H20FNO6/c1-30-16-10-6-14(7-11-16)20(27)18-19(13-4-8-15(23)9-5-13)24(22(29)21(18)28)12-2-3-17(25)26/h4-11,19,27H,2-3,12H2,1H3,(H,25,26). The summed E-state index contributed by atoms with van der Waals surface area (Å²) >= 11 is 0. The molecule has 1 aliphatic rings. The van der Waals surface area contributed by atoms with Crippen LogP contribution in [0.15, 0.2) is 54.1 Å². The highest BCUT2D eigenvalue weighted by Gasteiger charge is 2.45. The normalized spacial score (nSPS) is 17.9. The lowest BCUT2D eigenvalue weighted by atomic mass is 9.95. The number of carbonyl (C=O) groups is 3. The number of ketones is 1. The molecule has 1 saturated heterocycles. The number of methoxy groups -OCH3 is 1. The lowest BCUT2D eigenvalue weighted by molar-refractivity contribution is -0.140. The summed E-state index contributed by atoms with van der Waals surface area (Å²) in [5, 5.41) is 19.7. The molecular weight excluding hydrogens is 393 g/mol. The van der Waals surface area contributed by atoms with Crippen molar-refractivity contribution in [3.05, 3.63) is 71.0 Å². The first-order chi connectivity index (χ1) is 14.3. The molecule has 2 aromatic carbocycles. The van der Waals surface area contributed by atoms with Crippen LogP contribution < -0.4 is 4.74 Å². The Hall–Kier alpha value is -3.68. The quantitative estimate of drug-likeness (QED) is 0.411. The van der Waals surface area contributed by atoms with E-state index < -0.39 is 29.5 Å². The zero-order chi connectivity index (χ0) is 21.8. The van der Waals surface area contributed by atoms with Crippen LogP contribution in [0.25, 0.3) is 5.76 Å². The van der Waals surface area contributed by atoms with E-state index in [1.54, 1.807) is 24.3 Å². The van der Waals surface area contributed by atoms with Crippen LogP contribution in [0.1, 0.15) is 30.0 Å². The second kappa shape index (κ2) is 8.77. The maximum Gasteiger partial charge on any atom is 0.303 e. The summed E-state index contributed by atoms with van der Waals surface area (Å²) in [4.78, 5) is 37.5. The van der Waals surface area contributed by atoms with E-state index in [1.165, 1.54) is 36.3 Å². The van der Waals surface area contributed by atoms with Gasteiger partial charge in [0, 0.05) is 18.5 Å². The van der Waals surface area contributed by atoms with E-state index in [-0.39, 0.29) is 30.7 Å². The third kappa shape index (κ3) is 4.17. The Morgan fingerprint density at radius 1 is 1.07 bits per heavy atom. The molecule has 30 heavy (non-hydrogen) atoms. The number of rotatable bonds is 7. The van der Waals surface area contributed by atoms with E-state index in [0.29, 0.717) is 16.9 Å². The number of nitrogens with zero attached hydrogens (tertiary/aromatic N) is 1. The number of likely N-dealkylation sites (tertiary alicyclic amines) is 1. The number of hydrogen-bond acceptors (Lipinski definition) is 5. The van der Waals surface area contributed by atoms with Crippen molar-refractivity contribution in [2.24, 2.45) is 0 Å². The first-order valence-corrected chi connectivity index (χ1v) is 9.23. The number of carboxylic acids is 1. The predicted octanol–water partition coefficient (Wildman–Crippen LogP) is 3.12. The van der Waals surface area contributed by atoms with Gasteiger partial charge in [-0.3, -0.25) is 14.4 Å². The van der Waals surface area contributed by atoms with E-state index in [4.69, 9.17) is 9.84 Å². The van der Waals surface area contributed by atoms with Gasteiger partial charge in [-0.05, 0) is 48.4 Å². The van der Waals surface area contributed by atoms with E-state index in [0.717, 1.165) is 0 Å². The van der Waals surface area contributed by atoms with Gasteiger partial charge in [0.1, 0.15) is 17.3 Å². The maximum absolute atomic E-state index is 13.4. The van der Waals surface area contributed by atoms with Crippen molar-refractivity contribution in [1.82, 2.24) is 4.90 Å². The Kier molecular flexibility index (Phi) is 6.15. The second-order valence-electron chi connectivity index (χ2n) is 6.77. The van der Waals surface area contributed by atoms with Gasteiger partial charge in [-0.1, -0.05) is 12.1 Å². The number of amides is 1. The molecule has 0 radical (unpaired) electrons. The molecule has 1 fully saturated rings. The van der Waals surface area contributed by atoms with Gasteiger partial charge in [0.25, 0.3) is 11.7 Å². The van der Waals surface area contributed by atoms with Gasteiger partial charge in [-0.2, -0.15) is 0 Å². The predicted molar refractivity (Wildman–Crippen MR) is 105 cm³/mol. The molecule has 3 rings (SSSR count). The largest absolute Gasteiger partial charge is 0.507 e. The SMILES string of the molecule is COc1ccc(C(O)=C2C(=O)C(=O)N(CCCC(=O)O)C2c2ccc(F)cc2)cc1. The smallest absolute Gasteiger partial charge is 0.303 e. The average molecular weight is 413 g/mol. The third-order valence-corrected chi connectivity index (χ3v) is 4.88. The van der Waals surface area contributed by atoms with Crippen molar-refractivity contribution in [3.8, 4) is 5.75 Å². The number of aliphatic hydroxyl groups excluding tert-OH is 1. The summed E-state index contributed by atoms with van der Waals surface area (Å²) in [6.45, 7) is -0.00168. The van der Waals surface area contributed by atoms with Gasteiger partial charge >= 0.3 is 5.97 Å². The zero-order valence-electron chi connectivity index (χ0n) is 16.2. The zero-order valence-corrected chi connectivity index (χ0v) is 16.2. The molecule has 1 amide bonds. The Morgan fingerprint density at radius 3 is 2.27 bits per heavy atom. The first kappa shape index (κ1) is 21.0. The van der Waals surface area contributed by atoms with Gasteiger partial charge in [0.05, 0.1) is 18.7 Å². The summed E-state index contributed by atoms with van der Waals surface area (Å²) in [6, 6.07) is 10.6. The number of Topliss-reactive ketones (excluding diaryl/α,β-unsaturated/α-hetero) is 1. The van der Waals surface area contributed by atoms with Gasteiger partial charge < -0.3 is 19.8 Å². The van der Waals surface area contributed by atoms with Crippen LogP contribution in [0.2, 0.25) is 0 Å². The molecule has 8 heteroatoms. The van der Waals surface area contributed by atoms with E-state index in [2.05, 4.69) is 0 Å². The molecule has 1 atom stereocenters. The molecule has 0 bridgehead atoms. The number of benzene rings is 2. The molecule has 0 aromatic heterocycles. The summed E-state index contributed by atoms with van der Waals surface area (Å²) in [6.07, 6.45) is -0.0553. The van der Waals surface area contributed by atoms with Gasteiger partial charge in [-0.25, -0.2) is 4.39 Å². The fourth-order valence-electron chi connectivity index (χ4n) is 3.41. The summed E-state index contributed by atoms with van der Waals surface area (Å²) in [7, 11) is 1.49. The number of hydrogen-bond donors (Lipinski definition) is 2. The van der Waals surface area contributed by atoms with E-state index >= 15 is 0 Å². The fourth-order valence-corrected chi connectivity index (χ4v) is 3.41. The lowest BCUT2D eigenvalue weighted by Crippen LogP contribution is -2.31. The van der Waals surface area contributed by atoms with E-state index in [1.807, 2.05) is 0 Å². The Bertz CT molecular complexity index is 997. The van der Waals surface area contributed by atoms with Crippen LogP contribution in [0.4, 0.5) is 4.39 Å². The molecule has 7 nitrogen and oxygen atoms in total. The first-order valence-electron chi connectivity index (χ1n) is 9.23. The molecule has 0 spiro atoms. The summed E-state index contributed by atoms with van der Waals surface area (Å²) < 4.78 is 18.5. The minimum atomic E-state index is -1.02. The average Bonchev–Trinajstić information content (AvgIpc) is 2.98. The van der Waals surface area contributed by atoms with Crippen LogP contribution in [-0.4, -0.2) is 46.4 Å². The highest BCUT2D eigenvalue weighted by molar-refractivity contribution is 6.46. The van der Waals surface area contributed by atoms with Gasteiger partial charge in [-0.15, -0.1) is 0 Å². The third-order valence-electron chi connectivity index (χ3n) is 4.88. The molecule has 1 unspecified atom stereocenters. The number of carboxylic acid groups (broad SMARTS) is 1. The molecule has 156 valence electrons. The Morgan fingerprint density at radius 2 is 1.70 bits per heavy atom. The molecule has 2 N–H and O–H groups in total. The molecule has 1 aliphatic heterocycles. The Balaban J connectivity index is 2.07. The fraction of sp³-hybridized carbons (Fsp3) is 0.227. The van der Waals surface area contributed by atoms with Crippen LogP contribution in [-0.2, 0) is 14.4 Å². The number of aliphatic hydroxyl groups is 1. The maximum atomic E-state index is 13.4. The minimum absolute atomic E-state index is 0.00168. The van der Waals surface area contributed by atoms with Crippen molar-refractivity contribution >= 4 is 23.4 Å². The van der Waals surface area contributed by atoms with Crippen molar-refractivity contribution < 1.29 is 33.7 Å². The van der Waals surface area contributed by atoms with Crippen molar-refractivity contribution in [3.63, 3.8) is 0 Å². The number of aliphatic carboxylic acids is 1. The minimum Gasteiger partial charge on any atom is -0.507 e. The topological polar surface area (TPSA) is 104 Å². The summed E-state index contributed by atoms with van der Waals surface area (Å²) in [5.74, 6) is -3.06. The van der Waals surface area contributed by atoms with Crippen LogP contribution >= 0.6 is 0 Å². The summed E-state index contributed by atoms with van der Waals surface area (Å²) in [5.41, 5.74) is 0.611. The highest BCUT2D eigenvalue weighted by Crippen LogP contribution is 2.39. The van der Waals surface area contributed by atoms with Crippen LogP contribution in [0.5, 0.6) is 5.75 Å². The number of ether oxygens (including phenoxy) is 1. The van der Waals surface area contributed by atoms with Crippen molar-refractivity contribution in [1.29, 1.82) is 0 Å². The number of carbonyl (C=O) groups excluding carboxylic acids is 2. The molecule has 0 aliphatic carbocycles. The molecule has 1 heterocycles.